The SMILES string of the molecule is CC1COC(CO)CN1c1ccc(C(=O)O)nc1. The Kier molecular flexibility index (Phi) is 3.78. The number of carbonyl (C=O) groups is 1. The van der Waals surface area contributed by atoms with E-state index in [2.05, 4.69) is 9.88 Å². The Morgan fingerprint density at radius 3 is 2.94 bits per heavy atom. The van der Waals surface area contributed by atoms with Crippen molar-refractivity contribution in [2.24, 2.45) is 0 Å². The molecule has 0 spiro atoms. The number of aromatic nitrogens is 1. The topological polar surface area (TPSA) is 82.9 Å². The standard InChI is InChI=1S/C12H16N2O4/c1-8-7-18-10(6-15)5-14(8)9-2-3-11(12(16)17)13-4-9/h2-4,8,10,15H,5-7H2,1H3,(H,16,17). The molecule has 1 aromatic heterocycles. The molecule has 1 fully saturated rings. The second-order valence-electron chi connectivity index (χ2n) is 4.35. The summed E-state index contributed by atoms with van der Waals surface area (Å²) in [6.45, 7) is 3.10. The molecule has 1 saturated heterocycles. The van der Waals surface area contributed by atoms with Gasteiger partial charge in [0.1, 0.15) is 5.69 Å². The molecule has 6 heteroatoms. The van der Waals surface area contributed by atoms with Gasteiger partial charge in [-0.1, -0.05) is 0 Å². The molecule has 0 bridgehead atoms. The molecular weight excluding hydrogens is 236 g/mol. The number of carboxylic acids is 1. The minimum absolute atomic E-state index is 0.0240. The summed E-state index contributed by atoms with van der Waals surface area (Å²) in [5, 5.41) is 17.9. The highest BCUT2D eigenvalue weighted by molar-refractivity contribution is 5.85. The van der Waals surface area contributed by atoms with Crippen molar-refractivity contribution in [3.8, 4) is 0 Å². The summed E-state index contributed by atoms with van der Waals surface area (Å²) >= 11 is 0. The molecule has 2 atom stereocenters. The second kappa shape index (κ2) is 5.32. The fourth-order valence-electron chi connectivity index (χ4n) is 1.97. The predicted molar refractivity (Wildman–Crippen MR) is 64.8 cm³/mol. The van der Waals surface area contributed by atoms with Gasteiger partial charge in [-0.3, -0.25) is 0 Å². The van der Waals surface area contributed by atoms with Crippen molar-refractivity contribution in [2.75, 3.05) is 24.7 Å². The van der Waals surface area contributed by atoms with E-state index in [0.717, 1.165) is 5.69 Å². The molecule has 2 heterocycles. The van der Waals surface area contributed by atoms with E-state index in [9.17, 15) is 4.79 Å². The number of ether oxygens (including phenoxy) is 1. The van der Waals surface area contributed by atoms with Gasteiger partial charge in [0.2, 0.25) is 0 Å². The average Bonchev–Trinajstić information content (AvgIpc) is 2.39. The number of pyridine rings is 1. The van der Waals surface area contributed by atoms with Crippen molar-refractivity contribution in [1.29, 1.82) is 0 Å². The maximum absolute atomic E-state index is 10.7. The van der Waals surface area contributed by atoms with E-state index in [-0.39, 0.29) is 24.4 Å². The first-order chi connectivity index (χ1) is 8.61. The summed E-state index contributed by atoms with van der Waals surface area (Å²) in [7, 11) is 0. The van der Waals surface area contributed by atoms with Crippen LogP contribution in [0.1, 0.15) is 17.4 Å². The second-order valence-corrected chi connectivity index (χ2v) is 4.35. The van der Waals surface area contributed by atoms with Crippen LogP contribution in [0.4, 0.5) is 5.69 Å². The lowest BCUT2D eigenvalue weighted by atomic mass is 10.1. The number of hydrogen-bond donors (Lipinski definition) is 2. The van der Waals surface area contributed by atoms with Crippen LogP contribution in [0, 0.1) is 0 Å². The molecule has 0 radical (unpaired) electrons. The summed E-state index contributed by atoms with van der Waals surface area (Å²) < 4.78 is 5.45. The lowest BCUT2D eigenvalue weighted by Crippen LogP contribution is -2.49. The first-order valence-electron chi connectivity index (χ1n) is 5.80. The number of morpholine rings is 1. The van der Waals surface area contributed by atoms with Crippen molar-refractivity contribution in [1.82, 2.24) is 4.98 Å². The van der Waals surface area contributed by atoms with Crippen molar-refractivity contribution in [2.45, 2.75) is 19.1 Å². The Morgan fingerprint density at radius 1 is 1.61 bits per heavy atom. The quantitative estimate of drug-likeness (QED) is 0.808. The number of anilines is 1. The van der Waals surface area contributed by atoms with Gasteiger partial charge in [-0.15, -0.1) is 0 Å². The zero-order valence-corrected chi connectivity index (χ0v) is 10.1. The maximum Gasteiger partial charge on any atom is 0.354 e. The van der Waals surface area contributed by atoms with Gasteiger partial charge >= 0.3 is 5.97 Å². The Hall–Kier alpha value is -1.66. The van der Waals surface area contributed by atoms with E-state index in [1.54, 1.807) is 12.3 Å². The molecule has 98 valence electrons. The molecule has 18 heavy (non-hydrogen) atoms. The van der Waals surface area contributed by atoms with Crippen LogP contribution in [0.25, 0.3) is 0 Å². The highest BCUT2D eigenvalue weighted by Gasteiger charge is 2.26. The zero-order valence-electron chi connectivity index (χ0n) is 10.1. The lowest BCUT2D eigenvalue weighted by Gasteiger charge is -2.38. The number of aliphatic hydroxyl groups is 1. The highest BCUT2D eigenvalue weighted by atomic mass is 16.5. The first-order valence-corrected chi connectivity index (χ1v) is 5.80. The third-order valence-corrected chi connectivity index (χ3v) is 3.01. The van der Waals surface area contributed by atoms with Crippen molar-refractivity contribution >= 4 is 11.7 Å². The van der Waals surface area contributed by atoms with Crippen LogP contribution in [0.2, 0.25) is 0 Å². The van der Waals surface area contributed by atoms with Gasteiger partial charge in [-0.25, -0.2) is 9.78 Å². The third-order valence-electron chi connectivity index (χ3n) is 3.01. The Labute approximate surface area is 105 Å². The minimum atomic E-state index is -1.04. The van der Waals surface area contributed by atoms with Crippen LogP contribution in [0.15, 0.2) is 18.3 Å². The monoisotopic (exact) mass is 252 g/mol. The number of carboxylic acid groups (broad SMARTS) is 1. The van der Waals surface area contributed by atoms with Gasteiger partial charge in [0, 0.05) is 12.6 Å². The molecule has 0 aliphatic carbocycles. The Balaban J connectivity index is 2.16. The van der Waals surface area contributed by atoms with Crippen LogP contribution in [-0.2, 0) is 4.74 Å². The smallest absolute Gasteiger partial charge is 0.354 e. The Morgan fingerprint density at radius 2 is 2.39 bits per heavy atom. The summed E-state index contributed by atoms with van der Waals surface area (Å²) in [6.07, 6.45) is 1.33. The fourth-order valence-corrected chi connectivity index (χ4v) is 1.97. The van der Waals surface area contributed by atoms with E-state index in [4.69, 9.17) is 14.9 Å². The molecule has 2 N–H and O–H groups in total. The number of nitrogens with zero attached hydrogens (tertiary/aromatic N) is 2. The summed E-state index contributed by atoms with van der Waals surface area (Å²) in [4.78, 5) is 16.7. The summed E-state index contributed by atoms with van der Waals surface area (Å²) in [5.74, 6) is -1.04. The van der Waals surface area contributed by atoms with E-state index >= 15 is 0 Å². The highest BCUT2D eigenvalue weighted by Crippen LogP contribution is 2.21. The van der Waals surface area contributed by atoms with E-state index in [1.807, 2.05) is 6.92 Å². The molecule has 1 aliphatic heterocycles. The predicted octanol–water partition coefficient (Wildman–Crippen LogP) is 0.366. The Bertz CT molecular complexity index is 421. The van der Waals surface area contributed by atoms with E-state index < -0.39 is 5.97 Å². The van der Waals surface area contributed by atoms with Gasteiger partial charge < -0.3 is 19.8 Å². The van der Waals surface area contributed by atoms with Crippen LogP contribution in [-0.4, -0.2) is 53.1 Å². The maximum atomic E-state index is 10.7. The number of rotatable bonds is 3. The van der Waals surface area contributed by atoms with E-state index in [0.29, 0.717) is 13.2 Å². The zero-order chi connectivity index (χ0) is 13.1. The van der Waals surface area contributed by atoms with Gasteiger partial charge in [0.15, 0.2) is 0 Å². The number of aliphatic hydroxyl groups excluding tert-OH is 1. The molecule has 2 rings (SSSR count). The number of aromatic carboxylic acids is 1. The largest absolute Gasteiger partial charge is 0.477 e. The molecular formula is C12H16N2O4. The van der Waals surface area contributed by atoms with Gasteiger partial charge in [0.25, 0.3) is 0 Å². The normalized spacial score (nSPS) is 24.0. The molecule has 1 aromatic rings. The average molecular weight is 252 g/mol. The molecule has 1 aliphatic rings. The molecule has 0 amide bonds. The van der Waals surface area contributed by atoms with Crippen molar-refractivity contribution in [3.63, 3.8) is 0 Å². The molecule has 0 aromatic carbocycles. The van der Waals surface area contributed by atoms with Gasteiger partial charge in [-0.2, -0.15) is 0 Å². The first kappa shape index (κ1) is 12.8. The molecule has 6 nitrogen and oxygen atoms in total. The third kappa shape index (κ3) is 2.60. The summed E-state index contributed by atoms with van der Waals surface area (Å²) in [6, 6.07) is 3.38. The summed E-state index contributed by atoms with van der Waals surface area (Å²) in [5.41, 5.74) is 0.868. The molecule has 0 saturated carbocycles. The van der Waals surface area contributed by atoms with Crippen LogP contribution < -0.4 is 4.90 Å². The lowest BCUT2D eigenvalue weighted by molar-refractivity contribution is -0.0103. The minimum Gasteiger partial charge on any atom is -0.477 e. The fraction of sp³-hybridized carbons (Fsp3) is 0.500. The van der Waals surface area contributed by atoms with Crippen LogP contribution >= 0.6 is 0 Å². The van der Waals surface area contributed by atoms with Gasteiger partial charge in [-0.05, 0) is 19.1 Å². The van der Waals surface area contributed by atoms with Crippen LogP contribution in [0.5, 0.6) is 0 Å². The van der Waals surface area contributed by atoms with Crippen LogP contribution in [0.3, 0.4) is 0 Å². The molecule has 2 unspecified atom stereocenters. The van der Waals surface area contributed by atoms with Crippen molar-refractivity contribution in [3.05, 3.63) is 24.0 Å². The van der Waals surface area contributed by atoms with Crippen molar-refractivity contribution < 1.29 is 19.7 Å². The van der Waals surface area contributed by atoms with E-state index in [1.165, 1.54) is 6.07 Å². The van der Waals surface area contributed by atoms with Gasteiger partial charge in [0.05, 0.1) is 31.2 Å². The number of hydrogen-bond acceptors (Lipinski definition) is 5.